The molecule has 0 aromatic carbocycles. The number of hydrogen-bond acceptors (Lipinski definition) is 6. The van der Waals surface area contributed by atoms with Crippen LogP contribution in [0.5, 0.6) is 0 Å². The Labute approximate surface area is 111 Å². The van der Waals surface area contributed by atoms with Gasteiger partial charge in [0.25, 0.3) is 0 Å². The van der Waals surface area contributed by atoms with Gasteiger partial charge in [-0.1, -0.05) is 0 Å². The number of esters is 1. The molecule has 0 aliphatic rings. The van der Waals surface area contributed by atoms with Gasteiger partial charge in [-0.05, 0) is 19.1 Å². The average molecular weight is 314 g/mol. The van der Waals surface area contributed by atoms with E-state index in [0.29, 0.717) is 6.08 Å². The topological polar surface area (TPSA) is 82.8 Å². The summed E-state index contributed by atoms with van der Waals surface area (Å²) in [6.07, 6.45) is 1.52. The van der Waals surface area contributed by atoms with E-state index in [1.165, 1.54) is 13.0 Å². The summed E-state index contributed by atoms with van der Waals surface area (Å²) in [5.41, 5.74) is -5.63. The Morgan fingerprint density at radius 3 is 2.55 bits per heavy atom. The number of hydrogen-bond donors (Lipinski definition) is 0. The largest absolute Gasteiger partial charge is 0.534 e. The van der Waals surface area contributed by atoms with E-state index in [1.807, 2.05) is 0 Å². The van der Waals surface area contributed by atoms with Crippen LogP contribution < -0.4 is 0 Å². The first-order chi connectivity index (χ1) is 9.17. The quantitative estimate of drug-likeness (QED) is 0.272. The van der Waals surface area contributed by atoms with Gasteiger partial charge in [0.15, 0.2) is 11.5 Å². The second-order valence-corrected chi connectivity index (χ2v) is 4.76. The van der Waals surface area contributed by atoms with E-state index >= 15 is 0 Å². The van der Waals surface area contributed by atoms with E-state index in [4.69, 9.17) is 4.42 Å². The third kappa shape index (κ3) is 4.02. The molecule has 0 radical (unpaired) electrons. The second-order valence-electron chi connectivity index (χ2n) is 3.22. The SMILES string of the molecule is CCOC(=O)C=C(OS(=O)(=O)C(F)(F)F)c1ccco1. The first-order valence-corrected chi connectivity index (χ1v) is 6.51. The lowest BCUT2D eigenvalue weighted by Gasteiger charge is -2.10. The minimum absolute atomic E-state index is 0.0488. The smallest absolute Gasteiger partial charge is 0.463 e. The summed E-state index contributed by atoms with van der Waals surface area (Å²) in [5.74, 6) is -2.37. The number of halogens is 3. The number of furan rings is 1. The van der Waals surface area contributed by atoms with Crippen LogP contribution in [0, 0.1) is 0 Å². The average Bonchev–Trinajstić information content (AvgIpc) is 2.79. The first-order valence-electron chi connectivity index (χ1n) is 5.10. The first kappa shape index (κ1) is 16.1. The van der Waals surface area contributed by atoms with Crippen LogP contribution in [0.4, 0.5) is 13.2 Å². The molecule has 0 saturated heterocycles. The molecule has 1 aromatic rings. The molecule has 1 aromatic heterocycles. The molecule has 0 bridgehead atoms. The molecular formula is C10H9F3O6S. The molecule has 0 spiro atoms. The van der Waals surface area contributed by atoms with E-state index in [9.17, 15) is 26.4 Å². The van der Waals surface area contributed by atoms with Gasteiger partial charge in [0.05, 0.1) is 18.9 Å². The maximum Gasteiger partial charge on any atom is 0.534 e. The molecule has 0 N–H and O–H groups in total. The Balaban J connectivity index is 3.12. The fourth-order valence-electron chi connectivity index (χ4n) is 1.01. The van der Waals surface area contributed by atoms with Crippen LogP contribution in [0.15, 0.2) is 28.9 Å². The van der Waals surface area contributed by atoms with Crippen molar-refractivity contribution in [2.24, 2.45) is 0 Å². The third-order valence-electron chi connectivity index (χ3n) is 1.78. The van der Waals surface area contributed by atoms with Crippen molar-refractivity contribution in [2.45, 2.75) is 12.4 Å². The molecule has 1 rings (SSSR count). The highest BCUT2D eigenvalue weighted by molar-refractivity contribution is 7.87. The standard InChI is InChI=1S/C10H9F3O6S/c1-2-17-9(14)6-8(7-4-3-5-18-7)19-20(15,16)10(11,12)13/h3-6H,2H2,1H3. The van der Waals surface area contributed by atoms with E-state index in [1.54, 1.807) is 0 Å². The summed E-state index contributed by atoms with van der Waals surface area (Å²) in [4.78, 5) is 11.2. The highest BCUT2D eigenvalue weighted by Crippen LogP contribution is 2.29. The van der Waals surface area contributed by atoms with Gasteiger partial charge in [-0.25, -0.2) is 4.79 Å². The van der Waals surface area contributed by atoms with E-state index in [0.717, 1.165) is 12.3 Å². The van der Waals surface area contributed by atoms with E-state index in [-0.39, 0.29) is 12.4 Å². The summed E-state index contributed by atoms with van der Waals surface area (Å²) in [7, 11) is -5.92. The number of ether oxygens (including phenoxy) is 1. The van der Waals surface area contributed by atoms with Gasteiger partial charge in [0.2, 0.25) is 0 Å². The Bertz CT molecular complexity index is 585. The Hall–Kier alpha value is -1.97. The number of carbonyl (C=O) groups is 1. The monoisotopic (exact) mass is 314 g/mol. The van der Waals surface area contributed by atoms with Gasteiger partial charge >= 0.3 is 21.6 Å². The van der Waals surface area contributed by atoms with Crippen LogP contribution in [0.1, 0.15) is 12.7 Å². The summed E-state index contributed by atoms with van der Waals surface area (Å²) >= 11 is 0. The lowest BCUT2D eigenvalue weighted by molar-refractivity contribution is -0.137. The minimum Gasteiger partial charge on any atom is -0.463 e. The number of rotatable bonds is 5. The van der Waals surface area contributed by atoms with Gasteiger partial charge in [0, 0.05) is 0 Å². The van der Waals surface area contributed by atoms with Gasteiger partial charge in [0.1, 0.15) is 0 Å². The maximum absolute atomic E-state index is 12.2. The Morgan fingerprint density at radius 2 is 2.10 bits per heavy atom. The van der Waals surface area contributed by atoms with Crippen molar-refractivity contribution in [2.75, 3.05) is 6.61 Å². The molecular weight excluding hydrogens is 305 g/mol. The van der Waals surface area contributed by atoms with Crippen LogP contribution in [0.2, 0.25) is 0 Å². The van der Waals surface area contributed by atoms with Crippen molar-refractivity contribution >= 4 is 21.8 Å². The molecule has 6 nitrogen and oxygen atoms in total. The van der Waals surface area contributed by atoms with Crippen molar-refractivity contribution in [3.63, 3.8) is 0 Å². The molecule has 0 aliphatic heterocycles. The normalized spacial score (nSPS) is 13.1. The van der Waals surface area contributed by atoms with E-state index < -0.39 is 27.4 Å². The Kier molecular flexibility index (Phi) is 4.82. The molecule has 10 heteroatoms. The zero-order chi connectivity index (χ0) is 15.4. The molecule has 0 atom stereocenters. The van der Waals surface area contributed by atoms with Crippen molar-refractivity contribution < 1.29 is 39.7 Å². The zero-order valence-corrected chi connectivity index (χ0v) is 10.8. The Morgan fingerprint density at radius 1 is 1.45 bits per heavy atom. The summed E-state index contributed by atoms with van der Waals surface area (Å²) in [6.45, 7) is 1.42. The van der Waals surface area contributed by atoms with Crippen molar-refractivity contribution in [3.8, 4) is 0 Å². The molecule has 0 unspecified atom stereocenters. The van der Waals surface area contributed by atoms with E-state index in [2.05, 4.69) is 8.92 Å². The zero-order valence-electron chi connectivity index (χ0n) is 10.0. The molecule has 0 saturated carbocycles. The van der Waals surface area contributed by atoms with Crippen LogP contribution >= 0.6 is 0 Å². The molecule has 0 fully saturated rings. The summed E-state index contributed by atoms with van der Waals surface area (Å²) < 4.78 is 71.6. The van der Waals surface area contributed by atoms with Crippen LogP contribution in [-0.2, 0) is 23.8 Å². The molecule has 1 heterocycles. The predicted molar refractivity (Wildman–Crippen MR) is 59.4 cm³/mol. The molecule has 0 aliphatic carbocycles. The molecule has 20 heavy (non-hydrogen) atoms. The maximum atomic E-state index is 12.2. The minimum atomic E-state index is -5.92. The summed E-state index contributed by atoms with van der Waals surface area (Å²) in [6, 6.07) is 2.40. The highest BCUT2D eigenvalue weighted by Gasteiger charge is 2.49. The lowest BCUT2D eigenvalue weighted by Crippen LogP contribution is -2.25. The summed E-state index contributed by atoms with van der Waals surface area (Å²) in [5, 5.41) is 0. The van der Waals surface area contributed by atoms with Crippen LogP contribution in [-0.4, -0.2) is 26.5 Å². The molecule has 112 valence electrons. The fraction of sp³-hybridized carbons (Fsp3) is 0.300. The highest BCUT2D eigenvalue weighted by atomic mass is 32.2. The number of alkyl halides is 3. The van der Waals surface area contributed by atoms with Crippen LogP contribution in [0.3, 0.4) is 0 Å². The van der Waals surface area contributed by atoms with Crippen molar-refractivity contribution in [1.29, 1.82) is 0 Å². The second kappa shape index (κ2) is 5.99. The molecule has 0 amide bonds. The van der Waals surface area contributed by atoms with Crippen molar-refractivity contribution in [1.82, 2.24) is 0 Å². The van der Waals surface area contributed by atoms with Gasteiger partial charge in [-0.3, -0.25) is 0 Å². The predicted octanol–water partition coefficient (Wildman–Crippen LogP) is 2.05. The lowest BCUT2D eigenvalue weighted by atomic mass is 10.3. The number of carbonyl (C=O) groups excluding carboxylic acids is 1. The third-order valence-corrected chi connectivity index (χ3v) is 2.75. The van der Waals surface area contributed by atoms with Crippen LogP contribution in [0.25, 0.3) is 5.76 Å². The fourth-order valence-corrected chi connectivity index (χ4v) is 1.47. The van der Waals surface area contributed by atoms with Gasteiger partial charge < -0.3 is 13.3 Å². The van der Waals surface area contributed by atoms with Gasteiger partial charge in [-0.15, -0.1) is 0 Å². The van der Waals surface area contributed by atoms with Gasteiger partial charge in [-0.2, -0.15) is 21.6 Å². The van der Waals surface area contributed by atoms with Crippen molar-refractivity contribution in [3.05, 3.63) is 30.2 Å².